The fraction of sp³-hybridized carbons (Fsp3) is 0.947. The lowest BCUT2D eigenvalue weighted by Crippen LogP contribution is -2.53. The monoisotopic (exact) mass is 777 g/mol. The summed E-state index contributed by atoms with van der Waals surface area (Å²) < 4.78 is 4.71. The third-order valence-corrected chi connectivity index (χ3v) is 9.34. The number of hydrogen-bond acceptors (Lipinski definition) is 15. The highest BCUT2D eigenvalue weighted by atomic mass is 16.6. The van der Waals surface area contributed by atoms with Crippen molar-refractivity contribution in [3.05, 3.63) is 0 Å². The maximum Gasteiger partial charge on any atom is 0.303 e. The van der Waals surface area contributed by atoms with Crippen LogP contribution in [0.15, 0.2) is 0 Å². The minimum absolute atomic E-state index is 0.0697. The van der Waals surface area contributed by atoms with Crippen LogP contribution in [0.4, 0.5) is 0 Å². The zero-order valence-corrected chi connectivity index (χ0v) is 34.6. The van der Waals surface area contributed by atoms with Crippen LogP contribution >= 0.6 is 0 Å². The lowest BCUT2D eigenvalue weighted by Gasteiger charge is -2.40. The Balaban J connectivity index is 0.000000570. The van der Waals surface area contributed by atoms with E-state index in [1.54, 1.807) is 34.6 Å². The van der Waals surface area contributed by atoms with E-state index in [-0.39, 0.29) is 24.3 Å². The van der Waals surface area contributed by atoms with Crippen molar-refractivity contribution < 1.29 is 39.9 Å². The van der Waals surface area contributed by atoms with Crippen molar-refractivity contribution in [1.29, 1.82) is 0 Å². The van der Waals surface area contributed by atoms with E-state index in [1.807, 2.05) is 0 Å². The number of carbonyl (C=O) groups excluding carboxylic acids is 1. The van der Waals surface area contributed by atoms with Gasteiger partial charge in [0.1, 0.15) is 5.78 Å². The summed E-state index contributed by atoms with van der Waals surface area (Å²) in [5, 5.41) is 62.4. The lowest BCUT2D eigenvalue weighted by atomic mass is 10.1. The molecule has 0 aromatic carbocycles. The van der Waals surface area contributed by atoms with Crippen LogP contribution < -0.4 is 21.3 Å². The number of aliphatic carboxylic acids is 1. The Bertz CT molecular complexity index is 935. The number of epoxide rings is 1. The van der Waals surface area contributed by atoms with E-state index in [2.05, 4.69) is 47.8 Å². The van der Waals surface area contributed by atoms with Gasteiger partial charge in [-0.2, -0.15) is 0 Å². The Kier molecular flexibility index (Phi) is 28.8. The third kappa shape index (κ3) is 29.8. The molecule has 16 heteroatoms. The van der Waals surface area contributed by atoms with Gasteiger partial charge in [-0.25, -0.2) is 0 Å². The minimum Gasteiger partial charge on any atom is -0.481 e. The Morgan fingerprint density at radius 2 is 1.11 bits per heavy atom. The number of nitrogens with zero attached hydrogens (tertiary/aromatic N) is 4. The van der Waals surface area contributed by atoms with Crippen LogP contribution in [0.3, 0.4) is 0 Å². The number of ether oxygens (including phenoxy) is 1. The quantitative estimate of drug-likeness (QED) is 0.0917. The number of aliphatic hydroxyl groups excluding tert-OH is 4. The summed E-state index contributed by atoms with van der Waals surface area (Å²) in [6.45, 7) is 25.7. The number of carboxylic acids is 1. The Morgan fingerprint density at radius 1 is 0.667 bits per heavy atom. The molecule has 9 N–H and O–H groups in total. The molecule has 54 heavy (non-hydrogen) atoms. The van der Waals surface area contributed by atoms with Crippen molar-refractivity contribution in [3.63, 3.8) is 0 Å². The highest BCUT2D eigenvalue weighted by Crippen LogP contribution is 2.14. The van der Waals surface area contributed by atoms with Crippen LogP contribution in [-0.4, -0.2) is 224 Å². The van der Waals surface area contributed by atoms with Crippen molar-refractivity contribution in [3.8, 4) is 0 Å². The minimum atomic E-state index is -0.724. The normalized spacial score (nSPS) is 26.0. The van der Waals surface area contributed by atoms with Crippen molar-refractivity contribution in [2.75, 3.05) is 124 Å². The highest BCUT2D eigenvalue weighted by molar-refractivity contribution is 5.75. The second kappa shape index (κ2) is 30.7. The van der Waals surface area contributed by atoms with E-state index < -0.39 is 30.4 Å². The van der Waals surface area contributed by atoms with Crippen LogP contribution in [-0.2, 0) is 14.3 Å². The molecule has 7 unspecified atom stereocenters. The first-order valence-electron chi connectivity index (χ1n) is 20.5. The lowest BCUT2D eigenvalue weighted by molar-refractivity contribution is -0.137. The number of aliphatic hydroxyl groups is 4. The zero-order chi connectivity index (χ0) is 40.3. The Hall–Kier alpha value is -1.38. The van der Waals surface area contributed by atoms with E-state index in [4.69, 9.17) is 9.84 Å². The van der Waals surface area contributed by atoms with E-state index >= 15 is 0 Å². The van der Waals surface area contributed by atoms with E-state index in [0.29, 0.717) is 58.1 Å². The predicted octanol–water partition coefficient (Wildman–Crippen LogP) is -1.53. The smallest absolute Gasteiger partial charge is 0.303 e. The summed E-state index contributed by atoms with van der Waals surface area (Å²) in [7, 11) is 0. The molecule has 0 aromatic heterocycles. The Labute approximate surface area is 326 Å². The summed E-state index contributed by atoms with van der Waals surface area (Å²) in [6, 6.07) is 0.313. The number of nitrogens with one attached hydrogen (secondary N) is 4. The number of rotatable bonds is 14. The number of hydrogen-bond donors (Lipinski definition) is 9. The van der Waals surface area contributed by atoms with Gasteiger partial charge in [0, 0.05) is 143 Å². The van der Waals surface area contributed by atoms with Crippen LogP contribution in [0.2, 0.25) is 0 Å². The standard InChI is InChI=1S/C24H50N4O5.C11H24N4O2.C3H6O/c1-19(29)6-7-24-18-27(16-22(4)32)11-10-25(14-20(2)30)8-9-26(15-21(3)31)12-13-28(24)17-23(5)33;16-11(17)2-1-10-9-14-6-5-12-3-4-13-7-8-15-10;1-3-2-4-3/h20-24,30-33H,6-18H2,1-5H3;10,12-15H,1-9H2,(H,16,17);3H,2H2,1H3. The molecule has 0 radical (unpaired) electrons. The molecular weight excluding hydrogens is 696 g/mol. The summed E-state index contributed by atoms with van der Waals surface area (Å²) >= 11 is 0. The molecule has 16 nitrogen and oxygen atoms in total. The number of carbonyl (C=O) groups is 2. The van der Waals surface area contributed by atoms with Crippen LogP contribution in [0, 0.1) is 0 Å². The van der Waals surface area contributed by atoms with Gasteiger partial charge >= 0.3 is 5.97 Å². The van der Waals surface area contributed by atoms with Gasteiger partial charge in [0.25, 0.3) is 0 Å². The average Bonchev–Trinajstić information content (AvgIpc) is 3.86. The molecule has 0 bridgehead atoms. The highest BCUT2D eigenvalue weighted by Gasteiger charge is 2.26. The molecule has 0 spiro atoms. The molecule has 3 aliphatic heterocycles. The molecule has 320 valence electrons. The largest absolute Gasteiger partial charge is 0.481 e. The second-order valence-electron chi connectivity index (χ2n) is 15.6. The summed E-state index contributed by atoms with van der Waals surface area (Å²) in [4.78, 5) is 31.3. The number of ketones is 1. The maximum absolute atomic E-state index is 11.8. The second-order valence-corrected chi connectivity index (χ2v) is 15.6. The summed E-state index contributed by atoms with van der Waals surface area (Å²) in [5.41, 5.74) is 0. The van der Waals surface area contributed by atoms with Crippen molar-refractivity contribution in [2.24, 2.45) is 0 Å². The molecule has 0 saturated carbocycles. The van der Waals surface area contributed by atoms with Crippen LogP contribution in [0.25, 0.3) is 0 Å². The summed E-state index contributed by atoms with van der Waals surface area (Å²) in [5.74, 6) is -0.572. The van der Waals surface area contributed by atoms with Gasteiger partial charge in [0.05, 0.1) is 37.1 Å². The van der Waals surface area contributed by atoms with E-state index in [1.165, 1.54) is 0 Å². The maximum atomic E-state index is 11.8. The zero-order valence-electron chi connectivity index (χ0n) is 34.6. The van der Waals surface area contributed by atoms with E-state index in [0.717, 1.165) is 91.7 Å². The molecule has 3 heterocycles. The molecule has 0 aromatic rings. The first kappa shape index (κ1) is 50.6. The average molecular weight is 777 g/mol. The molecule has 3 aliphatic rings. The van der Waals surface area contributed by atoms with Gasteiger partial charge in [0.2, 0.25) is 0 Å². The van der Waals surface area contributed by atoms with Gasteiger partial charge in [-0.15, -0.1) is 0 Å². The third-order valence-electron chi connectivity index (χ3n) is 9.34. The summed E-state index contributed by atoms with van der Waals surface area (Å²) in [6.07, 6.45) is 0.835. The van der Waals surface area contributed by atoms with Crippen LogP contribution in [0.5, 0.6) is 0 Å². The molecule has 0 amide bonds. The number of Topliss-reactive ketones (excluding diaryl/α,β-unsaturated/α-hetero) is 1. The molecule has 7 atom stereocenters. The molecule has 3 rings (SSSR count). The van der Waals surface area contributed by atoms with E-state index in [9.17, 15) is 30.0 Å². The first-order chi connectivity index (χ1) is 25.6. The number of carboxylic acid groups (broad SMARTS) is 1. The Morgan fingerprint density at radius 3 is 1.57 bits per heavy atom. The van der Waals surface area contributed by atoms with Crippen molar-refractivity contribution in [2.45, 2.75) is 110 Å². The van der Waals surface area contributed by atoms with Crippen LogP contribution in [0.1, 0.15) is 67.2 Å². The molecule has 3 fully saturated rings. The van der Waals surface area contributed by atoms with Gasteiger partial charge in [-0.1, -0.05) is 0 Å². The van der Waals surface area contributed by atoms with Gasteiger partial charge in [-0.05, 0) is 54.4 Å². The van der Waals surface area contributed by atoms with Gasteiger partial charge in [0.15, 0.2) is 0 Å². The van der Waals surface area contributed by atoms with Crippen molar-refractivity contribution in [1.82, 2.24) is 40.9 Å². The first-order valence-corrected chi connectivity index (χ1v) is 20.5. The molecule has 3 saturated heterocycles. The fourth-order valence-corrected chi connectivity index (χ4v) is 6.54. The topological polar surface area (TPSA) is 209 Å². The molecule has 0 aliphatic carbocycles. The van der Waals surface area contributed by atoms with Crippen molar-refractivity contribution >= 4 is 11.8 Å². The number of β-amino-alcohol motifs (C(OH)–C–C–N with tert-alkyl or cyclic N) is 4. The SMILES string of the molecule is CC(=O)CCC1CN(CC(C)O)CCN(CC(C)O)CCN(CC(C)O)CCN1CC(C)O.CC1CO1.O=C(O)CCC1CNCCNCCNCCN1. The van der Waals surface area contributed by atoms with Gasteiger partial charge < -0.3 is 56.3 Å². The fourth-order valence-electron chi connectivity index (χ4n) is 6.54. The predicted molar refractivity (Wildman–Crippen MR) is 214 cm³/mol. The van der Waals surface area contributed by atoms with Gasteiger partial charge in [-0.3, -0.25) is 24.4 Å². The molecular formula is C38H80N8O8.